The molecule has 1 N–H and O–H groups in total. The highest BCUT2D eigenvalue weighted by molar-refractivity contribution is 5.68. The Morgan fingerprint density at radius 2 is 2.12 bits per heavy atom. The topological polar surface area (TPSA) is 49.8 Å². The van der Waals surface area contributed by atoms with Crippen LogP contribution >= 0.6 is 0 Å². The number of alkyl halides is 2. The molecule has 6 heteroatoms. The zero-order valence-corrected chi connectivity index (χ0v) is 10.4. The molecule has 1 atom stereocenters. The van der Waals surface area contributed by atoms with E-state index in [9.17, 15) is 13.6 Å². The Bertz CT molecular complexity index is 289. The molecule has 0 saturated carbocycles. The lowest BCUT2D eigenvalue weighted by molar-refractivity contribution is -0.189. The van der Waals surface area contributed by atoms with Crippen LogP contribution in [-0.2, 0) is 9.53 Å². The smallest absolute Gasteiger partial charge is 0.329 e. The van der Waals surface area contributed by atoms with Crippen molar-refractivity contribution in [3.05, 3.63) is 0 Å². The first-order valence-electron chi connectivity index (χ1n) is 5.59. The monoisotopic (exact) mass is 251 g/mol. The summed E-state index contributed by atoms with van der Waals surface area (Å²) in [5.41, 5.74) is -0.318. The van der Waals surface area contributed by atoms with E-state index in [1.54, 1.807) is 4.90 Å². The Hall–Kier alpha value is -0.750. The number of halogens is 2. The molecule has 100 valence electrons. The summed E-state index contributed by atoms with van der Waals surface area (Å²) in [6.07, 6.45) is -1.14. The number of piperidine rings is 1. The number of hydrogen-bond donors (Lipinski definition) is 1. The molecular formula is C11H19F2NO3. The van der Waals surface area contributed by atoms with Gasteiger partial charge in [0, 0.05) is 12.1 Å². The number of carboxylic acid groups (broad SMARTS) is 1. The second-order valence-electron chi connectivity index (χ2n) is 5.34. The van der Waals surface area contributed by atoms with Gasteiger partial charge in [0.2, 0.25) is 0 Å². The zero-order chi connectivity index (χ0) is 13.3. The first kappa shape index (κ1) is 14.3. The van der Waals surface area contributed by atoms with Crippen molar-refractivity contribution in [3.63, 3.8) is 0 Å². The maximum Gasteiger partial charge on any atom is 0.329 e. The molecule has 1 fully saturated rings. The summed E-state index contributed by atoms with van der Waals surface area (Å²) in [5, 5.41) is 8.42. The van der Waals surface area contributed by atoms with Crippen LogP contribution in [0.4, 0.5) is 8.78 Å². The molecule has 0 aliphatic carbocycles. The molecule has 0 aromatic carbocycles. The molecule has 0 radical (unpaired) electrons. The molecule has 0 bridgehead atoms. The van der Waals surface area contributed by atoms with E-state index in [-0.39, 0.29) is 18.5 Å². The highest BCUT2D eigenvalue weighted by Crippen LogP contribution is 2.32. The van der Waals surface area contributed by atoms with E-state index in [1.807, 2.05) is 20.8 Å². The normalized spacial score (nSPS) is 25.8. The lowest BCUT2D eigenvalue weighted by atomic mass is 9.97. The van der Waals surface area contributed by atoms with E-state index in [0.717, 1.165) is 0 Å². The van der Waals surface area contributed by atoms with E-state index < -0.39 is 24.6 Å². The number of carbonyl (C=O) groups is 1. The van der Waals surface area contributed by atoms with Crippen LogP contribution in [0.5, 0.6) is 0 Å². The molecule has 1 saturated heterocycles. The van der Waals surface area contributed by atoms with Gasteiger partial charge in [-0.15, -0.1) is 0 Å². The van der Waals surface area contributed by atoms with Crippen molar-refractivity contribution in [1.82, 2.24) is 4.90 Å². The van der Waals surface area contributed by atoms with E-state index >= 15 is 0 Å². The van der Waals surface area contributed by atoms with Crippen LogP contribution < -0.4 is 0 Å². The average molecular weight is 251 g/mol. The lowest BCUT2D eigenvalue weighted by Gasteiger charge is -2.44. The minimum absolute atomic E-state index is 0.150. The molecular weight excluding hydrogens is 232 g/mol. The fraction of sp³-hybridized carbons (Fsp3) is 0.909. The van der Waals surface area contributed by atoms with Gasteiger partial charge in [-0.3, -0.25) is 4.90 Å². The number of likely N-dealkylation sites (tertiary alicyclic amines) is 1. The predicted molar refractivity (Wildman–Crippen MR) is 58.3 cm³/mol. The summed E-state index contributed by atoms with van der Waals surface area (Å²) < 4.78 is 32.2. The molecule has 17 heavy (non-hydrogen) atoms. The van der Waals surface area contributed by atoms with Gasteiger partial charge in [0.1, 0.15) is 12.7 Å². The Morgan fingerprint density at radius 1 is 1.53 bits per heavy atom. The van der Waals surface area contributed by atoms with Gasteiger partial charge in [0.15, 0.2) is 0 Å². The van der Waals surface area contributed by atoms with Gasteiger partial charge in [-0.25, -0.2) is 13.6 Å². The van der Waals surface area contributed by atoms with Gasteiger partial charge >= 0.3 is 5.97 Å². The maximum absolute atomic E-state index is 13.7. The van der Waals surface area contributed by atoms with Crippen LogP contribution in [0.1, 0.15) is 27.2 Å². The number of hydrogen-bond acceptors (Lipinski definition) is 3. The van der Waals surface area contributed by atoms with E-state index in [4.69, 9.17) is 9.84 Å². The van der Waals surface area contributed by atoms with Crippen LogP contribution in [0.15, 0.2) is 0 Å². The molecule has 0 amide bonds. The average Bonchev–Trinajstić information content (AvgIpc) is 2.12. The summed E-state index contributed by atoms with van der Waals surface area (Å²) >= 11 is 0. The summed E-state index contributed by atoms with van der Waals surface area (Å²) in [4.78, 5) is 12.0. The molecule has 0 aromatic rings. The molecule has 1 rings (SSSR count). The van der Waals surface area contributed by atoms with Gasteiger partial charge in [0.25, 0.3) is 5.92 Å². The van der Waals surface area contributed by atoms with Gasteiger partial charge in [-0.05, 0) is 27.2 Å². The highest BCUT2D eigenvalue weighted by Gasteiger charge is 2.47. The minimum atomic E-state index is -3.00. The van der Waals surface area contributed by atoms with Gasteiger partial charge in [0.05, 0.1) is 6.54 Å². The largest absolute Gasteiger partial charge is 0.480 e. The first-order valence-corrected chi connectivity index (χ1v) is 5.59. The van der Waals surface area contributed by atoms with E-state index in [1.165, 1.54) is 0 Å². The number of nitrogens with zero attached hydrogens (tertiary/aromatic N) is 1. The fourth-order valence-electron chi connectivity index (χ4n) is 1.87. The number of rotatable bonds is 3. The van der Waals surface area contributed by atoms with Crippen molar-refractivity contribution in [3.8, 4) is 0 Å². The van der Waals surface area contributed by atoms with Crippen LogP contribution in [0.2, 0.25) is 0 Å². The second-order valence-corrected chi connectivity index (χ2v) is 5.34. The van der Waals surface area contributed by atoms with E-state index in [0.29, 0.717) is 6.54 Å². The summed E-state index contributed by atoms with van der Waals surface area (Å²) in [6.45, 7) is 5.06. The summed E-state index contributed by atoms with van der Waals surface area (Å²) in [5.74, 6) is -4.22. The molecule has 0 aromatic heterocycles. The Labute approximate surface area is 99.5 Å². The zero-order valence-electron chi connectivity index (χ0n) is 10.4. The Kier molecular flexibility index (Phi) is 4.09. The third kappa shape index (κ3) is 3.89. The Morgan fingerprint density at radius 3 is 2.53 bits per heavy atom. The molecule has 1 aliphatic rings. The van der Waals surface area contributed by atoms with Crippen LogP contribution in [0.3, 0.4) is 0 Å². The molecule has 4 nitrogen and oxygen atoms in total. The van der Waals surface area contributed by atoms with Gasteiger partial charge in [-0.1, -0.05) is 0 Å². The van der Waals surface area contributed by atoms with Crippen LogP contribution in [0.25, 0.3) is 0 Å². The van der Waals surface area contributed by atoms with Crippen molar-refractivity contribution in [2.75, 3.05) is 19.7 Å². The van der Waals surface area contributed by atoms with E-state index in [2.05, 4.69) is 0 Å². The highest BCUT2D eigenvalue weighted by atomic mass is 19.3. The number of carboxylic acids is 1. The van der Waals surface area contributed by atoms with Crippen molar-refractivity contribution in [2.24, 2.45) is 0 Å². The van der Waals surface area contributed by atoms with Crippen molar-refractivity contribution in [2.45, 2.75) is 44.8 Å². The van der Waals surface area contributed by atoms with Gasteiger partial charge in [-0.2, -0.15) is 0 Å². The standard InChI is InChI=1S/C11H19F2NO3/c1-10(2,3)14-5-4-8(11(12,13)7-14)17-6-9(15)16/h8H,4-7H2,1-3H3,(H,15,16). The fourth-order valence-corrected chi connectivity index (χ4v) is 1.87. The van der Waals surface area contributed by atoms with Crippen molar-refractivity contribution < 1.29 is 23.4 Å². The molecule has 1 heterocycles. The van der Waals surface area contributed by atoms with Gasteiger partial charge < -0.3 is 9.84 Å². The Balaban J connectivity index is 2.60. The predicted octanol–water partition coefficient (Wildman–Crippen LogP) is 1.60. The minimum Gasteiger partial charge on any atom is -0.480 e. The summed E-state index contributed by atoms with van der Waals surface area (Å²) in [6, 6.07) is 0. The molecule has 1 unspecified atom stereocenters. The van der Waals surface area contributed by atoms with Crippen molar-refractivity contribution >= 4 is 5.97 Å². The third-order valence-electron chi connectivity index (χ3n) is 2.89. The van der Waals surface area contributed by atoms with Crippen molar-refractivity contribution in [1.29, 1.82) is 0 Å². The first-order chi connectivity index (χ1) is 7.63. The molecule has 1 aliphatic heterocycles. The maximum atomic E-state index is 13.7. The third-order valence-corrected chi connectivity index (χ3v) is 2.89. The quantitative estimate of drug-likeness (QED) is 0.827. The van der Waals surface area contributed by atoms with Crippen LogP contribution in [0, 0.1) is 0 Å². The number of ether oxygens (including phenoxy) is 1. The molecule has 0 spiro atoms. The summed E-state index contributed by atoms with van der Waals surface area (Å²) in [7, 11) is 0. The van der Waals surface area contributed by atoms with Crippen LogP contribution in [-0.4, -0.2) is 53.2 Å². The number of aliphatic carboxylic acids is 1. The SMILES string of the molecule is CC(C)(C)N1CCC(OCC(=O)O)C(F)(F)C1. The second kappa shape index (κ2) is 4.86. The lowest BCUT2D eigenvalue weighted by Crippen LogP contribution is -2.57.